The maximum absolute atomic E-state index is 12.3. The number of hydrogen-bond acceptors (Lipinski definition) is 2. The van der Waals surface area contributed by atoms with E-state index in [1.807, 2.05) is 0 Å². The molecule has 2 aliphatic rings. The Labute approximate surface area is 159 Å². The molecule has 2 saturated heterocycles. The molecule has 1 N–H and O–H groups in total. The van der Waals surface area contributed by atoms with E-state index in [1.54, 1.807) is 0 Å². The number of carbonyl (C=O) groups excluding carboxylic acids is 1. The average molecular weight is 365 g/mol. The quantitative estimate of drug-likeness (QED) is 0.806. The number of likely N-dealkylation sites (tertiary alicyclic amines) is 1. The van der Waals surface area contributed by atoms with Gasteiger partial charge in [-0.15, -0.1) is 12.4 Å². The van der Waals surface area contributed by atoms with Crippen LogP contribution in [0.1, 0.15) is 51.2 Å². The first-order valence-corrected chi connectivity index (χ1v) is 9.51. The van der Waals surface area contributed by atoms with Gasteiger partial charge in [-0.05, 0) is 47.6 Å². The van der Waals surface area contributed by atoms with Crippen molar-refractivity contribution in [1.82, 2.24) is 10.2 Å². The number of carbonyl (C=O) groups is 1. The minimum Gasteiger partial charge on any atom is -0.342 e. The molecule has 2 atom stereocenters. The highest BCUT2D eigenvalue weighted by molar-refractivity contribution is 5.85. The van der Waals surface area contributed by atoms with E-state index in [9.17, 15) is 4.79 Å². The molecule has 0 unspecified atom stereocenters. The average Bonchev–Trinajstić information content (AvgIpc) is 3.12. The Bertz CT molecular complexity index is 552. The van der Waals surface area contributed by atoms with Gasteiger partial charge < -0.3 is 10.2 Å². The van der Waals surface area contributed by atoms with Gasteiger partial charge in [0.1, 0.15) is 0 Å². The van der Waals surface area contributed by atoms with Gasteiger partial charge in [-0.2, -0.15) is 0 Å². The zero-order valence-corrected chi connectivity index (χ0v) is 16.7. The minimum atomic E-state index is 0. The van der Waals surface area contributed by atoms with E-state index in [2.05, 4.69) is 55.3 Å². The number of nitrogens with zero attached hydrogens (tertiary/aromatic N) is 1. The Morgan fingerprint density at radius 1 is 1.08 bits per heavy atom. The van der Waals surface area contributed by atoms with Gasteiger partial charge in [-0.25, -0.2) is 0 Å². The molecule has 1 aromatic carbocycles. The standard InChI is InChI=1S/C21H32N2O.ClH/c1-21(2,3)19-10-8-16(9-11-19)6-4-5-7-20(24)23-14-17-12-22-13-18(17)15-23;/h8-11,17-18,22H,4-7,12-15H2,1-3H3;1H/t17-,18+;. The maximum Gasteiger partial charge on any atom is 0.222 e. The van der Waals surface area contributed by atoms with E-state index in [-0.39, 0.29) is 17.8 Å². The molecule has 1 aromatic rings. The number of unbranched alkanes of at least 4 members (excludes halogenated alkanes) is 1. The summed E-state index contributed by atoms with van der Waals surface area (Å²) in [5.74, 6) is 1.78. The van der Waals surface area contributed by atoms with Gasteiger partial charge in [0.2, 0.25) is 5.91 Å². The molecule has 140 valence electrons. The summed E-state index contributed by atoms with van der Waals surface area (Å²) >= 11 is 0. The second-order valence-corrected chi connectivity index (χ2v) is 8.63. The van der Waals surface area contributed by atoms with E-state index in [0.29, 0.717) is 24.2 Å². The van der Waals surface area contributed by atoms with Gasteiger partial charge in [-0.3, -0.25) is 4.79 Å². The van der Waals surface area contributed by atoms with Crippen LogP contribution in [0.5, 0.6) is 0 Å². The SMILES string of the molecule is CC(C)(C)c1ccc(CCCCC(=O)N2C[C@H]3CNC[C@H]3C2)cc1.Cl. The molecule has 0 saturated carbocycles. The van der Waals surface area contributed by atoms with Crippen molar-refractivity contribution in [3.63, 3.8) is 0 Å². The van der Waals surface area contributed by atoms with Crippen LogP contribution in [0.2, 0.25) is 0 Å². The molecular weight excluding hydrogens is 332 g/mol. The predicted molar refractivity (Wildman–Crippen MR) is 106 cm³/mol. The van der Waals surface area contributed by atoms with Gasteiger partial charge in [0.05, 0.1) is 0 Å². The molecular formula is C21H33ClN2O. The van der Waals surface area contributed by atoms with Crippen LogP contribution in [0.25, 0.3) is 0 Å². The molecule has 0 bridgehead atoms. The third kappa shape index (κ3) is 5.21. The molecule has 2 fully saturated rings. The van der Waals surface area contributed by atoms with Crippen molar-refractivity contribution in [1.29, 1.82) is 0 Å². The summed E-state index contributed by atoms with van der Waals surface area (Å²) < 4.78 is 0. The van der Waals surface area contributed by atoms with E-state index >= 15 is 0 Å². The Morgan fingerprint density at radius 2 is 1.68 bits per heavy atom. The first-order chi connectivity index (χ1) is 11.4. The van der Waals surface area contributed by atoms with Gasteiger partial charge >= 0.3 is 0 Å². The zero-order valence-electron chi connectivity index (χ0n) is 15.9. The molecule has 2 aliphatic heterocycles. The third-order valence-electron chi connectivity index (χ3n) is 5.67. The van der Waals surface area contributed by atoms with Crippen molar-refractivity contribution < 1.29 is 4.79 Å². The monoisotopic (exact) mass is 364 g/mol. The topological polar surface area (TPSA) is 32.3 Å². The summed E-state index contributed by atoms with van der Waals surface area (Å²) in [6.07, 6.45) is 3.90. The zero-order chi connectivity index (χ0) is 17.2. The highest BCUT2D eigenvalue weighted by Gasteiger charge is 2.37. The van der Waals surface area contributed by atoms with E-state index in [4.69, 9.17) is 0 Å². The highest BCUT2D eigenvalue weighted by Crippen LogP contribution is 2.27. The first kappa shape index (κ1) is 20.3. The van der Waals surface area contributed by atoms with Crippen molar-refractivity contribution in [2.75, 3.05) is 26.2 Å². The minimum absolute atomic E-state index is 0. The number of benzene rings is 1. The fourth-order valence-corrected chi connectivity index (χ4v) is 3.99. The van der Waals surface area contributed by atoms with Crippen LogP contribution in [0.15, 0.2) is 24.3 Å². The maximum atomic E-state index is 12.3. The molecule has 2 heterocycles. The molecule has 0 radical (unpaired) electrons. The Morgan fingerprint density at radius 3 is 2.24 bits per heavy atom. The van der Waals surface area contributed by atoms with E-state index in [1.165, 1.54) is 11.1 Å². The number of halogens is 1. The predicted octanol–water partition coefficient (Wildman–Crippen LogP) is 3.80. The number of hydrogen-bond donors (Lipinski definition) is 1. The van der Waals surface area contributed by atoms with Crippen LogP contribution in [-0.2, 0) is 16.6 Å². The van der Waals surface area contributed by atoms with Crippen LogP contribution >= 0.6 is 12.4 Å². The van der Waals surface area contributed by atoms with Crippen molar-refractivity contribution >= 4 is 18.3 Å². The van der Waals surface area contributed by atoms with Crippen LogP contribution in [0.3, 0.4) is 0 Å². The Kier molecular flexibility index (Phi) is 6.93. The second kappa shape index (κ2) is 8.55. The lowest BCUT2D eigenvalue weighted by atomic mass is 9.86. The molecule has 0 aromatic heterocycles. The number of nitrogens with one attached hydrogen (secondary N) is 1. The fraction of sp³-hybridized carbons (Fsp3) is 0.667. The number of aryl methyl sites for hydroxylation is 1. The van der Waals surface area contributed by atoms with Gasteiger partial charge in [0, 0.05) is 32.6 Å². The first-order valence-electron chi connectivity index (χ1n) is 9.51. The molecule has 25 heavy (non-hydrogen) atoms. The van der Waals surface area contributed by atoms with Gasteiger partial charge in [0.15, 0.2) is 0 Å². The largest absolute Gasteiger partial charge is 0.342 e. The highest BCUT2D eigenvalue weighted by atomic mass is 35.5. The van der Waals surface area contributed by atoms with Crippen molar-refractivity contribution in [3.8, 4) is 0 Å². The van der Waals surface area contributed by atoms with Crippen LogP contribution in [0.4, 0.5) is 0 Å². The number of rotatable bonds is 5. The van der Waals surface area contributed by atoms with E-state index in [0.717, 1.165) is 45.4 Å². The van der Waals surface area contributed by atoms with Gasteiger partial charge in [0.25, 0.3) is 0 Å². The molecule has 3 nitrogen and oxygen atoms in total. The molecule has 4 heteroatoms. The normalized spacial score (nSPS) is 22.6. The lowest BCUT2D eigenvalue weighted by Crippen LogP contribution is -2.31. The van der Waals surface area contributed by atoms with Crippen molar-refractivity contribution in [2.45, 2.75) is 51.9 Å². The van der Waals surface area contributed by atoms with Gasteiger partial charge in [-0.1, -0.05) is 45.0 Å². The summed E-state index contributed by atoms with van der Waals surface area (Å²) in [5, 5.41) is 3.43. The molecule has 0 spiro atoms. The van der Waals surface area contributed by atoms with Crippen LogP contribution in [0, 0.1) is 11.8 Å². The van der Waals surface area contributed by atoms with E-state index < -0.39 is 0 Å². The second-order valence-electron chi connectivity index (χ2n) is 8.63. The van der Waals surface area contributed by atoms with Crippen molar-refractivity contribution in [3.05, 3.63) is 35.4 Å². The summed E-state index contributed by atoms with van der Waals surface area (Å²) in [4.78, 5) is 14.5. The number of fused-ring (bicyclic) bond motifs is 1. The molecule has 3 rings (SSSR count). The Balaban J connectivity index is 0.00000225. The molecule has 0 aliphatic carbocycles. The summed E-state index contributed by atoms with van der Waals surface area (Å²) in [5.41, 5.74) is 2.99. The Hall–Kier alpha value is -1.06. The van der Waals surface area contributed by atoms with Crippen LogP contribution < -0.4 is 5.32 Å². The summed E-state index contributed by atoms with van der Waals surface area (Å²) in [6.45, 7) is 10.9. The lowest BCUT2D eigenvalue weighted by molar-refractivity contribution is -0.130. The summed E-state index contributed by atoms with van der Waals surface area (Å²) in [7, 11) is 0. The fourth-order valence-electron chi connectivity index (χ4n) is 3.99. The van der Waals surface area contributed by atoms with Crippen molar-refractivity contribution in [2.24, 2.45) is 11.8 Å². The molecule has 1 amide bonds. The summed E-state index contributed by atoms with van der Waals surface area (Å²) in [6, 6.07) is 8.99. The lowest BCUT2D eigenvalue weighted by Gasteiger charge is -2.19. The third-order valence-corrected chi connectivity index (χ3v) is 5.67. The number of amides is 1. The van der Waals surface area contributed by atoms with Crippen LogP contribution in [-0.4, -0.2) is 37.0 Å². The smallest absolute Gasteiger partial charge is 0.222 e.